The molecule has 26 heavy (non-hydrogen) atoms. The summed E-state index contributed by atoms with van der Waals surface area (Å²) in [6, 6.07) is 7.53. The summed E-state index contributed by atoms with van der Waals surface area (Å²) in [6.07, 6.45) is 9.48. The number of carbonyl (C=O) groups excluding carboxylic acids is 2. The molecule has 1 aromatic carbocycles. The van der Waals surface area contributed by atoms with Crippen LogP contribution in [0, 0.1) is 18.8 Å². The Morgan fingerprint density at radius 2 is 1.96 bits per heavy atom. The molecule has 0 bridgehead atoms. The number of Topliss-reactive ketones (excluding diaryl/α,β-unsaturated/α-hetero) is 1. The van der Waals surface area contributed by atoms with E-state index < -0.39 is 5.97 Å². The fourth-order valence-electron chi connectivity index (χ4n) is 3.64. The highest BCUT2D eigenvalue weighted by Crippen LogP contribution is 2.34. The van der Waals surface area contributed by atoms with Crippen LogP contribution in [0.5, 0.6) is 0 Å². The van der Waals surface area contributed by atoms with Gasteiger partial charge in [0.2, 0.25) is 0 Å². The number of unbranched alkanes of at least 4 members (excludes halogenated alkanes) is 3. The molecule has 1 fully saturated rings. The van der Waals surface area contributed by atoms with Crippen LogP contribution in [-0.2, 0) is 9.59 Å². The summed E-state index contributed by atoms with van der Waals surface area (Å²) < 4.78 is 0. The van der Waals surface area contributed by atoms with Gasteiger partial charge in [0.1, 0.15) is 5.78 Å². The summed E-state index contributed by atoms with van der Waals surface area (Å²) in [6.45, 7) is 1.96. The van der Waals surface area contributed by atoms with Crippen LogP contribution in [0.4, 0.5) is 0 Å². The summed E-state index contributed by atoms with van der Waals surface area (Å²) in [4.78, 5) is 35.0. The van der Waals surface area contributed by atoms with Crippen molar-refractivity contribution in [1.82, 2.24) is 0 Å². The van der Waals surface area contributed by atoms with Crippen molar-refractivity contribution < 1.29 is 19.5 Å². The van der Waals surface area contributed by atoms with E-state index in [0.717, 1.165) is 37.7 Å². The Hall–Kier alpha value is -2.23. The van der Waals surface area contributed by atoms with E-state index in [1.54, 1.807) is 6.08 Å². The first kappa shape index (κ1) is 20.1. The first-order chi connectivity index (χ1) is 12.5. The number of hydrogen-bond donors (Lipinski definition) is 1. The third-order valence-corrected chi connectivity index (χ3v) is 5.11. The van der Waals surface area contributed by atoms with Crippen molar-refractivity contribution in [2.45, 2.75) is 58.3 Å². The molecule has 0 unspecified atom stereocenters. The minimum Gasteiger partial charge on any atom is -0.481 e. The fraction of sp³-hybridized carbons (Fsp3) is 0.500. The van der Waals surface area contributed by atoms with Crippen LogP contribution in [-0.4, -0.2) is 22.6 Å². The number of hydrogen-bond acceptors (Lipinski definition) is 3. The average molecular weight is 356 g/mol. The lowest BCUT2D eigenvalue weighted by atomic mass is 9.89. The Morgan fingerprint density at radius 3 is 2.69 bits per heavy atom. The van der Waals surface area contributed by atoms with E-state index in [4.69, 9.17) is 5.11 Å². The molecular weight excluding hydrogens is 328 g/mol. The SMILES string of the molecule is Cc1cccc(C(=O)C=C[C@@H]2CCC(=O)[C@H]2CCCCCCC(=O)O)c1. The molecule has 4 nitrogen and oxygen atoms in total. The maximum atomic E-state index is 12.3. The normalized spacial score (nSPS) is 20.0. The molecule has 2 atom stereocenters. The van der Waals surface area contributed by atoms with Crippen molar-refractivity contribution in [3.05, 3.63) is 47.5 Å². The second kappa shape index (κ2) is 10.0. The Balaban J connectivity index is 1.82. The van der Waals surface area contributed by atoms with Gasteiger partial charge in [0.05, 0.1) is 0 Å². The van der Waals surface area contributed by atoms with Gasteiger partial charge in [0.15, 0.2) is 5.78 Å². The van der Waals surface area contributed by atoms with Gasteiger partial charge in [0, 0.05) is 24.3 Å². The molecule has 4 heteroatoms. The van der Waals surface area contributed by atoms with E-state index in [1.165, 1.54) is 0 Å². The van der Waals surface area contributed by atoms with E-state index in [1.807, 2.05) is 37.3 Å². The van der Waals surface area contributed by atoms with Gasteiger partial charge >= 0.3 is 5.97 Å². The zero-order valence-corrected chi connectivity index (χ0v) is 15.4. The second-order valence-electron chi connectivity index (χ2n) is 7.21. The first-order valence-corrected chi connectivity index (χ1v) is 9.51. The highest BCUT2D eigenvalue weighted by atomic mass is 16.4. The third-order valence-electron chi connectivity index (χ3n) is 5.11. The Morgan fingerprint density at radius 1 is 1.19 bits per heavy atom. The topological polar surface area (TPSA) is 71.4 Å². The summed E-state index contributed by atoms with van der Waals surface area (Å²) in [7, 11) is 0. The third kappa shape index (κ3) is 6.25. The van der Waals surface area contributed by atoms with Crippen LogP contribution < -0.4 is 0 Å². The van der Waals surface area contributed by atoms with E-state index in [0.29, 0.717) is 24.2 Å². The first-order valence-electron chi connectivity index (χ1n) is 9.51. The summed E-state index contributed by atoms with van der Waals surface area (Å²) in [5.74, 6) is -0.306. The average Bonchev–Trinajstić information content (AvgIpc) is 2.95. The molecule has 0 heterocycles. The molecule has 1 N–H and O–H groups in total. The quantitative estimate of drug-likeness (QED) is 0.373. The van der Waals surface area contributed by atoms with Crippen LogP contribution in [0.3, 0.4) is 0 Å². The Bertz CT molecular complexity index is 674. The molecule has 0 aromatic heterocycles. The molecule has 0 spiro atoms. The lowest BCUT2D eigenvalue weighted by Gasteiger charge is -2.14. The van der Waals surface area contributed by atoms with Crippen molar-refractivity contribution in [3.63, 3.8) is 0 Å². The minimum absolute atomic E-state index is 0.0102. The molecule has 1 aliphatic carbocycles. The van der Waals surface area contributed by atoms with E-state index in [9.17, 15) is 14.4 Å². The lowest BCUT2D eigenvalue weighted by Crippen LogP contribution is -2.13. The van der Waals surface area contributed by atoms with Gasteiger partial charge in [-0.05, 0) is 44.2 Å². The number of carboxylic acid groups (broad SMARTS) is 1. The predicted molar refractivity (Wildman–Crippen MR) is 101 cm³/mol. The number of aliphatic carboxylic acids is 1. The van der Waals surface area contributed by atoms with Gasteiger partial charge in [-0.1, -0.05) is 49.1 Å². The van der Waals surface area contributed by atoms with Crippen molar-refractivity contribution >= 4 is 17.5 Å². The van der Waals surface area contributed by atoms with Crippen LogP contribution in [0.1, 0.15) is 67.3 Å². The van der Waals surface area contributed by atoms with Gasteiger partial charge in [0.25, 0.3) is 0 Å². The van der Waals surface area contributed by atoms with Gasteiger partial charge in [-0.25, -0.2) is 0 Å². The second-order valence-corrected chi connectivity index (χ2v) is 7.21. The van der Waals surface area contributed by atoms with Crippen LogP contribution >= 0.6 is 0 Å². The number of aryl methyl sites for hydroxylation is 1. The van der Waals surface area contributed by atoms with Gasteiger partial charge < -0.3 is 5.11 Å². The molecule has 1 aromatic rings. The zero-order chi connectivity index (χ0) is 18.9. The largest absolute Gasteiger partial charge is 0.481 e. The van der Waals surface area contributed by atoms with Gasteiger partial charge in [-0.3, -0.25) is 14.4 Å². The van der Waals surface area contributed by atoms with Crippen molar-refractivity contribution in [2.24, 2.45) is 11.8 Å². The number of ketones is 2. The minimum atomic E-state index is -0.751. The molecule has 0 saturated heterocycles. The molecule has 0 aliphatic heterocycles. The van der Waals surface area contributed by atoms with Crippen molar-refractivity contribution in [3.8, 4) is 0 Å². The van der Waals surface area contributed by atoms with Crippen LogP contribution in [0.15, 0.2) is 36.4 Å². The summed E-state index contributed by atoms with van der Waals surface area (Å²) in [5.41, 5.74) is 1.74. The highest BCUT2D eigenvalue weighted by molar-refractivity contribution is 6.04. The van der Waals surface area contributed by atoms with Crippen LogP contribution in [0.25, 0.3) is 0 Å². The Labute approximate surface area is 155 Å². The van der Waals surface area contributed by atoms with Crippen molar-refractivity contribution in [1.29, 1.82) is 0 Å². The smallest absolute Gasteiger partial charge is 0.303 e. The van der Waals surface area contributed by atoms with Gasteiger partial charge in [-0.15, -0.1) is 0 Å². The molecule has 2 rings (SSSR count). The van der Waals surface area contributed by atoms with E-state index in [2.05, 4.69) is 0 Å². The lowest BCUT2D eigenvalue weighted by molar-refractivity contribution is -0.137. The maximum Gasteiger partial charge on any atom is 0.303 e. The Kier molecular flexibility index (Phi) is 7.76. The zero-order valence-electron chi connectivity index (χ0n) is 15.4. The fourth-order valence-corrected chi connectivity index (χ4v) is 3.64. The highest BCUT2D eigenvalue weighted by Gasteiger charge is 2.32. The number of rotatable bonds is 10. The summed E-state index contributed by atoms with van der Waals surface area (Å²) >= 11 is 0. The van der Waals surface area contributed by atoms with Crippen molar-refractivity contribution in [2.75, 3.05) is 0 Å². The predicted octanol–water partition coefficient (Wildman–Crippen LogP) is 4.75. The molecule has 140 valence electrons. The maximum absolute atomic E-state index is 12.3. The van der Waals surface area contributed by atoms with Gasteiger partial charge in [-0.2, -0.15) is 0 Å². The van der Waals surface area contributed by atoms with E-state index >= 15 is 0 Å². The summed E-state index contributed by atoms with van der Waals surface area (Å²) in [5, 5.41) is 8.63. The monoisotopic (exact) mass is 356 g/mol. The van der Waals surface area contributed by atoms with E-state index in [-0.39, 0.29) is 24.0 Å². The molecule has 0 radical (unpaired) electrons. The number of carboxylic acids is 1. The standard InChI is InChI=1S/C22H28O4/c1-16-7-6-8-18(15-16)20(23)13-11-17-12-14-21(24)19(17)9-4-2-3-5-10-22(25)26/h6-8,11,13,15,17,19H,2-5,9-10,12,14H2,1H3,(H,25,26)/t17-,19+/m1/s1. The molecule has 0 amide bonds. The molecule has 1 aliphatic rings. The number of benzene rings is 1. The molecule has 1 saturated carbocycles. The van der Waals surface area contributed by atoms with Crippen LogP contribution in [0.2, 0.25) is 0 Å². The number of carbonyl (C=O) groups is 3. The number of allylic oxidation sites excluding steroid dienone is 2. The molecular formula is C22H28O4.